The van der Waals surface area contributed by atoms with Crippen molar-refractivity contribution in [3.8, 4) is 0 Å². The minimum atomic E-state index is -1.00. The first-order valence-electron chi connectivity index (χ1n) is 8.97. The Morgan fingerprint density at radius 2 is 2.00 bits per heavy atom. The van der Waals surface area contributed by atoms with Gasteiger partial charge >= 0.3 is 5.97 Å². The van der Waals surface area contributed by atoms with E-state index in [0.717, 1.165) is 24.2 Å². The summed E-state index contributed by atoms with van der Waals surface area (Å²) >= 11 is 1.72. The molecule has 0 saturated carbocycles. The fraction of sp³-hybridized carbons (Fsp3) is 0.526. The number of carbonyl (C=O) groups excluding carboxylic acids is 2. The van der Waals surface area contributed by atoms with Crippen LogP contribution in [0, 0.1) is 0 Å². The summed E-state index contributed by atoms with van der Waals surface area (Å²) in [4.78, 5) is 40.4. The molecule has 26 heavy (non-hydrogen) atoms. The SMILES string of the molecule is CC(=O)N(CC(=O)O)[C@H]1CCCN(C(=O)[C@H]2CSc3ccccc32)CC1. The number of rotatable bonds is 4. The predicted octanol–water partition coefficient (Wildman–Crippen LogP) is 2.19. The van der Waals surface area contributed by atoms with Crippen LogP contribution in [0.1, 0.15) is 37.7 Å². The molecule has 6 nitrogen and oxygen atoms in total. The highest BCUT2D eigenvalue weighted by Crippen LogP contribution is 2.40. The molecule has 0 aliphatic carbocycles. The van der Waals surface area contributed by atoms with Crippen molar-refractivity contribution in [2.24, 2.45) is 0 Å². The number of likely N-dealkylation sites (tertiary alicyclic amines) is 1. The summed E-state index contributed by atoms with van der Waals surface area (Å²) in [6, 6.07) is 7.94. The van der Waals surface area contributed by atoms with E-state index in [1.54, 1.807) is 11.8 Å². The summed E-state index contributed by atoms with van der Waals surface area (Å²) in [6.07, 6.45) is 2.13. The lowest BCUT2D eigenvalue weighted by Crippen LogP contribution is -2.43. The smallest absolute Gasteiger partial charge is 0.323 e. The van der Waals surface area contributed by atoms with E-state index in [-0.39, 0.29) is 30.3 Å². The molecule has 0 bridgehead atoms. The topological polar surface area (TPSA) is 77.9 Å². The van der Waals surface area contributed by atoms with Crippen LogP contribution >= 0.6 is 11.8 Å². The van der Waals surface area contributed by atoms with Crippen molar-refractivity contribution in [1.29, 1.82) is 0 Å². The van der Waals surface area contributed by atoms with Crippen LogP contribution in [0.2, 0.25) is 0 Å². The van der Waals surface area contributed by atoms with E-state index in [9.17, 15) is 14.4 Å². The Balaban J connectivity index is 1.66. The molecule has 1 fully saturated rings. The average Bonchev–Trinajstić information content (AvgIpc) is 2.88. The van der Waals surface area contributed by atoms with Crippen LogP contribution in [0.3, 0.4) is 0 Å². The highest BCUT2D eigenvalue weighted by molar-refractivity contribution is 7.99. The zero-order chi connectivity index (χ0) is 18.7. The number of hydrogen-bond acceptors (Lipinski definition) is 4. The second-order valence-electron chi connectivity index (χ2n) is 6.85. The van der Waals surface area contributed by atoms with Gasteiger partial charge < -0.3 is 14.9 Å². The number of carboxylic acids is 1. The fourth-order valence-corrected chi connectivity index (χ4v) is 5.06. The largest absolute Gasteiger partial charge is 0.480 e. The maximum absolute atomic E-state index is 13.0. The van der Waals surface area contributed by atoms with Gasteiger partial charge in [0, 0.05) is 36.7 Å². The Morgan fingerprint density at radius 1 is 1.23 bits per heavy atom. The molecule has 1 aromatic carbocycles. The number of hydrogen-bond donors (Lipinski definition) is 1. The van der Waals surface area contributed by atoms with Crippen LogP contribution in [0.4, 0.5) is 0 Å². The molecule has 7 heteroatoms. The maximum atomic E-state index is 13.0. The number of carboxylic acid groups (broad SMARTS) is 1. The van der Waals surface area contributed by atoms with Gasteiger partial charge in [0.25, 0.3) is 0 Å². The van der Waals surface area contributed by atoms with E-state index in [1.165, 1.54) is 16.7 Å². The molecule has 0 aromatic heterocycles. The Morgan fingerprint density at radius 3 is 2.73 bits per heavy atom. The van der Waals surface area contributed by atoms with Gasteiger partial charge in [-0.05, 0) is 30.9 Å². The Hall–Kier alpha value is -2.02. The Bertz CT molecular complexity index is 709. The van der Waals surface area contributed by atoms with E-state index in [4.69, 9.17) is 5.11 Å². The van der Waals surface area contributed by atoms with E-state index in [1.807, 2.05) is 23.1 Å². The third-order valence-electron chi connectivity index (χ3n) is 5.16. The number of aliphatic carboxylic acids is 1. The molecule has 3 rings (SSSR count). The van der Waals surface area contributed by atoms with Crippen molar-refractivity contribution < 1.29 is 19.5 Å². The van der Waals surface area contributed by atoms with Gasteiger partial charge in [-0.15, -0.1) is 11.8 Å². The monoisotopic (exact) mass is 376 g/mol. The van der Waals surface area contributed by atoms with Gasteiger partial charge in [0.15, 0.2) is 0 Å². The minimum Gasteiger partial charge on any atom is -0.480 e. The zero-order valence-corrected chi connectivity index (χ0v) is 15.7. The standard InChI is InChI=1S/C19H24N2O4S/c1-13(22)21(11-18(23)24)14-5-4-9-20(10-8-14)19(25)16-12-26-17-7-3-2-6-15(16)17/h2-3,6-7,14,16H,4-5,8-12H2,1H3,(H,23,24)/t14-,16-/m0/s1. The Labute approximate surface area is 157 Å². The van der Waals surface area contributed by atoms with E-state index >= 15 is 0 Å². The minimum absolute atomic E-state index is 0.101. The number of fused-ring (bicyclic) bond motifs is 1. The first-order valence-corrected chi connectivity index (χ1v) is 9.95. The van der Waals surface area contributed by atoms with Crippen LogP contribution in [0.5, 0.6) is 0 Å². The molecule has 1 N–H and O–H groups in total. The van der Waals surface area contributed by atoms with Crippen molar-refractivity contribution in [3.05, 3.63) is 29.8 Å². The van der Waals surface area contributed by atoms with Gasteiger partial charge in [0.05, 0.1) is 5.92 Å². The van der Waals surface area contributed by atoms with Gasteiger partial charge in [-0.1, -0.05) is 18.2 Å². The van der Waals surface area contributed by atoms with Crippen molar-refractivity contribution in [2.45, 2.75) is 43.0 Å². The molecule has 2 heterocycles. The maximum Gasteiger partial charge on any atom is 0.323 e. The third-order valence-corrected chi connectivity index (χ3v) is 6.34. The van der Waals surface area contributed by atoms with Crippen molar-refractivity contribution in [3.63, 3.8) is 0 Å². The fourth-order valence-electron chi connectivity index (χ4n) is 3.84. The second kappa shape index (κ2) is 8.12. The van der Waals surface area contributed by atoms with Crippen LogP contribution in [-0.2, 0) is 14.4 Å². The summed E-state index contributed by atoms with van der Waals surface area (Å²) in [6.45, 7) is 2.36. The first kappa shape index (κ1) is 18.8. The van der Waals surface area contributed by atoms with Crippen LogP contribution in [-0.4, -0.2) is 64.1 Å². The van der Waals surface area contributed by atoms with Crippen molar-refractivity contribution >= 4 is 29.5 Å². The van der Waals surface area contributed by atoms with E-state index in [0.29, 0.717) is 19.5 Å². The van der Waals surface area contributed by atoms with Crippen LogP contribution < -0.4 is 0 Å². The third kappa shape index (κ3) is 4.03. The molecular formula is C19H24N2O4S. The molecule has 2 aliphatic heterocycles. The normalized spacial score (nSPS) is 22.4. The summed E-state index contributed by atoms with van der Waals surface area (Å²) in [7, 11) is 0. The number of benzene rings is 1. The van der Waals surface area contributed by atoms with Gasteiger partial charge in [0.1, 0.15) is 6.54 Å². The summed E-state index contributed by atoms with van der Waals surface area (Å²) in [5.41, 5.74) is 1.11. The molecule has 1 saturated heterocycles. The first-order chi connectivity index (χ1) is 12.5. The summed E-state index contributed by atoms with van der Waals surface area (Å²) in [5.74, 6) is -0.405. The molecule has 0 radical (unpaired) electrons. The van der Waals surface area contributed by atoms with Gasteiger partial charge in [-0.25, -0.2) is 0 Å². The second-order valence-corrected chi connectivity index (χ2v) is 7.91. The molecule has 0 unspecified atom stereocenters. The molecule has 2 aliphatic rings. The van der Waals surface area contributed by atoms with Crippen molar-refractivity contribution in [1.82, 2.24) is 9.80 Å². The zero-order valence-electron chi connectivity index (χ0n) is 14.9. The van der Waals surface area contributed by atoms with Gasteiger partial charge in [-0.2, -0.15) is 0 Å². The predicted molar refractivity (Wildman–Crippen MR) is 99.1 cm³/mol. The lowest BCUT2D eigenvalue weighted by molar-refractivity contribution is -0.145. The van der Waals surface area contributed by atoms with Gasteiger partial charge in [-0.3, -0.25) is 14.4 Å². The number of carbonyl (C=O) groups is 3. The summed E-state index contributed by atoms with van der Waals surface area (Å²) in [5, 5.41) is 9.05. The van der Waals surface area contributed by atoms with Crippen molar-refractivity contribution in [2.75, 3.05) is 25.4 Å². The van der Waals surface area contributed by atoms with Gasteiger partial charge in [0.2, 0.25) is 11.8 Å². The Kier molecular flexibility index (Phi) is 5.86. The highest BCUT2D eigenvalue weighted by atomic mass is 32.2. The molecule has 2 amide bonds. The molecule has 0 spiro atoms. The van der Waals surface area contributed by atoms with Crippen LogP contribution in [0.15, 0.2) is 29.2 Å². The molecule has 1 aromatic rings. The lowest BCUT2D eigenvalue weighted by atomic mass is 10.00. The highest BCUT2D eigenvalue weighted by Gasteiger charge is 2.34. The lowest BCUT2D eigenvalue weighted by Gasteiger charge is -2.29. The quantitative estimate of drug-likeness (QED) is 0.872. The number of nitrogens with zero attached hydrogens (tertiary/aromatic N) is 2. The molecule has 2 atom stereocenters. The molecule has 140 valence electrons. The van der Waals surface area contributed by atoms with Crippen LogP contribution in [0.25, 0.3) is 0 Å². The van der Waals surface area contributed by atoms with E-state index in [2.05, 4.69) is 6.07 Å². The summed E-state index contributed by atoms with van der Waals surface area (Å²) < 4.78 is 0. The average molecular weight is 376 g/mol. The number of thioether (sulfide) groups is 1. The van der Waals surface area contributed by atoms with E-state index < -0.39 is 5.97 Å². The number of amides is 2. The molecular weight excluding hydrogens is 352 g/mol.